The molecular weight excluding hydrogens is 320 g/mol. The molecule has 3 rings (SSSR count). The Morgan fingerprint density at radius 3 is 2.68 bits per heavy atom. The van der Waals surface area contributed by atoms with E-state index < -0.39 is 5.97 Å². The highest BCUT2D eigenvalue weighted by atomic mass is 16.5. The molecule has 0 bridgehead atoms. The van der Waals surface area contributed by atoms with Crippen LogP contribution in [0.4, 0.5) is 0 Å². The van der Waals surface area contributed by atoms with E-state index in [1.165, 1.54) is 0 Å². The Bertz CT molecular complexity index is 634. The lowest BCUT2D eigenvalue weighted by Gasteiger charge is -2.58. The Labute approximate surface area is 148 Å². The zero-order chi connectivity index (χ0) is 18.2. The predicted octanol–water partition coefficient (Wildman–Crippen LogP) is 3.09. The maximum Gasteiger partial charge on any atom is 0.334 e. The number of carboxylic acids is 1. The van der Waals surface area contributed by atoms with Crippen molar-refractivity contribution in [3.05, 3.63) is 23.3 Å². The minimum absolute atomic E-state index is 0.110. The molecule has 25 heavy (non-hydrogen) atoms. The van der Waals surface area contributed by atoms with Gasteiger partial charge in [0.1, 0.15) is 6.61 Å². The number of allylic oxidation sites excluding steroid dienone is 1. The van der Waals surface area contributed by atoms with Gasteiger partial charge in [0.2, 0.25) is 0 Å². The van der Waals surface area contributed by atoms with Crippen LogP contribution in [-0.4, -0.2) is 35.4 Å². The molecule has 0 aromatic rings. The third-order valence-corrected chi connectivity index (χ3v) is 7.12. The zero-order valence-corrected chi connectivity index (χ0v) is 15.1. The number of carboxylic acid groups (broad SMARTS) is 1. The summed E-state index contributed by atoms with van der Waals surface area (Å²) in [5, 5.41) is 19.7. The summed E-state index contributed by atoms with van der Waals surface area (Å²) < 4.78 is 5.00. The van der Waals surface area contributed by atoms with Crippen molar-refractivity contribution in [2.45, 2.75) is 52.4 Å². The van der Waals surface area contributed by atoms with Crippen molar-refractivity contribution in [1.82, 2.24) is 0 Å². The van der Waals surface area contributed by atoms with Crippen LogP contribution in [0.15, 0.2) is 23.3 Å². The molecule has 0 aromatic carbocycles. The van der Waals surface area contributed by atoms with Crippen molar-refractivity contribution in [1.29, 1.82) is 0 Å². The highest BCUT2D eigenvalue weighted by Gasteiger charge is 2.56. The molecule has 0 saturated heterocycles. The average Bonchev–Trinajstić information content (AvgIpc) is 2.97. The number of aliphatic carboxylic acids is 1. The number of esters is 1. The summed E-state index contributed by atoms with van der Waals surface area (Å²) in [5.41, 5.74) is 0.691. The minimum atomic E-state index is -0.820. The van der Waals surface area contributed by atoms with E-state index >= 15 is 0 Å². The highest BCUT2D eigenvalue weighted by molar-refractivity contribution is 5.90. The number of hydrogen-bond donors (Lipinski definition) is 2. The van der Waals surface area contributed by atoms with Crippen LogP contribution in [0.5, 0.6) is 0 Å². The number of fused-ring (bicyclic) bond motifs is 1. The Balaban J connectivity index is 1.90. The van der Waals surface area contributed by atoms with Gasteiger partial charge in [-0.3, -0.25) is 0 Å². The van der Waals surface area contributed by atoms with Crippen LogP contribution < -0.4 is 0 Å². The van der Waals surface area contributed by atoms with Gasteiger partial charge in [-0.25, -0.2) is 9.59 Å². The lowest BCUT2D eigenvalue weighted by Crippen LogP contribution is -2.52. The third-order valence-electron chi connectivity index (χ3n) is 7.12. The number of hydrogen-bond acceptors (Lipinski definition) is 4. The second-order valence-corrected chi connectivity index (χ2v) is 8.22. The van der Waals surface area contributed by atoms with E-state index in [0.717, 1.165) is 37.7 Å². The van der Waals surface area contributed by atoms with Gasteiger partial charge in [0.25, 0.3) is 0 Å². The Morgan fingerprint density at radius 1 is 1.32 bits per heavy atom. The molecule has 1 heterocycles. The number of rotatable bonds is 5. The van der Waals surface area contributed by atoms with Gasteiger partial charge in [-0.15, -0.1) is 0 Å². The van der Waals surface area contributed by atoms with Crippen LogP contribution in [0, 0.1) is 22.7 Å². The van der Waals surface area contributed by atoms with E-state index in [9.17, 15) is 19.8 Å². The fourth-order valence-corrected chi connectivity index (χ4v) is 5.60. The summed E-state index contributed by atoms with van der Waals surface area (Å²) in [6.07, 6.45) is 8.43. The molecular formula is C20H28O5. The van der Waals surface area contributed by atoms with Gasteiger partial charge in [0.15, 0.2) is 0 Å². The summed E-state index contributed by atoms with van der Waals surface area (Å²) in [4.78, 5) is 23.6. The molecule has 138 valence electrons. The van der Waals surface area contributed by atoms with E-state index in [1.54, 1.807) is 0 Å². The van der Waals surface area contributed by atoms with Crippen molar-refractivity contribution in [3.8, 4) is 0 Å². The zero-order valence-electron chi connectivity index (χ0n) is 15.1. The summed E-state index contributed by atoms with van der Waals surface area (Å²) in [5.74, 6) is -0.728. The fraction of sp³-hybridized carbons (Fsp3) is 0.700. The summed E-state index contributed by atoms with van der Waals surface area (Å²) in [6, 6.07) is 0. The molecule has 0 spiro atoms. The molecule has 0 unspecified atom stereocenters. The Kier molecular flexibility index (Phi) is 4.80. The molecule has 0 aromatic heterocycles. The standard InChI is InChI=1S/C20H28O5/c1-19(9-6-13-8-11-25-18(13)24)14(12-21)7-10-20(2)15(17(22)23)4-3-5-16(19)20/h4,8,14,16,21H,3,5-7,9-12H2,1-2H3,(H,22,23)/t14-,16+,19-,20+/m1/s1. The monoisotopic (exact) mass is 348 g/mol. The van der Waals surface area contributed by atoms with Gasteiger partial charge in [0.05, 0.1) is 0 Å². The van der Waals surface area contributed by atoms with Gasteiger partial charge in [-0.1, -0.05) is 19.9 Å². The van der Waals surface area contributed by atoms with Crippen molar-refractivity contribution in [3.63, 3.8) is 0 Å². The second-order valence-electron chi connectivity index (χ2n) is 8.22. The van der Waals surface area contributed by atoms with Crippen LogP contribution >= 0.6 is 0 Å². The third kappa shape index (κ3) is 2.92. The van der Waals surface area contributed by atoms with Gasteiger partial charge in [-0.05, 0) is 61.9 Å². The number of cyclic esters (lactones) is 1. The average molecular weight is 348 g/mol. The van der Waals surface area contributed by atoms with Gasteiger partial charge in [0, 0.05) is 23.2 Å². The Morgan fingerprint density at radius 2 is 2.08 bits per heavy atom. The number of carbonyl (C=O) groups excluding carboxylic acids is 1. The lowest BCUT2D eigenvalue weighted by atomic mass is 9.46. The van der Waals surface area contributed by atoms with Crippen LogP contribution in [0.2, 0.25) is 0 Å². The van der Waals surface area contributed by atoms with Crippen molar-refractivity contribution in [2.24, 2.45) is 22.7 Å². The van der Waals surface area contributed by atoms with Crippen molar-refractivity contribution < 1.29 is 24.5 Å². The van der Waals surface area contributed by atoms with E-state index in [4.69, 9.17) is 4.74 Å². The van der Waals surface area contributed by atoms with Gasteiger partial charge >= 0.3 is 11.9 Å². The molecule has 5 nitrogen and oxygen atoms in total. The first-order valence-electron chi connectivity index (χ1n) is 9.24. The summed E-state index contributed by atoms with van der Waals surface area (Å²) in [7, 11) is 0. The quantitative estimate of drug-likeness (QED) is 0.746. The molecule has 0 radical (unpaired) electrons. The second kappa shape index (κ2) is 6.60. The van der Waals surface area contributed by atoms with Crippen LogP contribution in [0.25, 0.3) is 0 Å². The molecule has 2 aliphatic carbocycles. The molecule has 0 amide bonds. The summed E-state index contributed by atoms with van der Waals surface area (Å²) >= 11 is 0. The normalized spacial score (nSPS) is 37.8. The van der Waals surface area contributed by atoms with Gasteiger partial charge < -0.3 is 14.9 Å². The maximum absolute atomic E-state index is 11.8. The predicted molar refractivity (Wildman–Crippen MR) is 92.7 cm³/mol. The maximum atomic E-state index is 11.8. The highest BCUT2D eigenvalue weighted by Crippen LogP contribution is 2.62. The van der Waals surface area contributed by atoms with Crippen molar-refractivity contribution in [2.75, 3.05) is 13.2 Å². The number of carbonyl (C=O) groups is 2. The first-order chi connectivity index (χ1) is 11.8. The van der Waals surface area contributed by atoms with Crippen LogP contribution in [0.3, 0.4) is 0 Å². The van der Waals surface area contributed by atoms with E-state index in [1.807, 2.05) is 12.2 Å². The molecule has 4 atom stereocenters. The molecule has 1 fully saturated rings. The van der Waals surface area contributed by atoms with E-state index in [0.29, 0.717) is 18.6 Å². The SMILES string of the molecule is C[C@@]1(CCC2=CCOC2=O)[C@@H](CO)CC[C@@]2(C)C(C(=O)O)=CCC[C@@H]12. The first-order valence-corrected chi connectivity index (χ1v) is 9.24. The molecule has 5 heteroatoms. The number of ether oxygens (including phenoxy) is 1. The number of aliphatic hydroxyl groups is 1. The van der Waals surface area contributed by atoms with Crippen molar-refractivity contribution >= 4 is 11.9 Å². The fourth-order valence-electron chi connectivity index (χ4n) is 5.60. The lowest BCUT2D eigenvalue weighted by molar-refractivity contribution is -0.137. The largest absolute Gasteiger partial charge is 0.478 e. The van der Waals surface area contributed by atoms with Gasteiger partial charge in [-0.2, -0.15) is 0 Å². The summed E-state index contributed by atoms with van der Waals surface area (Å²) in [6.45, 7) is 4.72. The molecule has 1 aliphatic heterocycles. The smallest absolute Gasteiger partial charge is 0.334 e. The van der Waals surface area contributed by atoms with Crippen LogP contribution in [0.1, 0.15) is 52.4 Å². The first kappa shape index (κ1) is 18.2. The molecule has 2 N–H and O–H groups in total. The van der Waals surface area contributed by atoms with E-state index in [-0.39, 0.29) is 35.2 Å². The number of aliphatic hydroxyl groups excluding tert-OH is 1. The Hall–Kier alpha value is -1.62. The molecule has 3 aliphatic rings. The topological polar surface area (TPSA) is 83.8 Å². The van der Waals surface area contributed by atoms with Crippen LogP contribution in [-0.2, 0) is 14.3 Å². The molecule has 1 saturated carbocycles. The minimum Gasteiger partial charge on any atom is -0.478 e. The van der Waals surface area contributed by atoms with E-state index in [2.05, 4.69) is 13.8 Å².